The van der Waals surface area contributed by atoms with Crippen LogP contribution in [0, 0.1) is 3.57 Å². The van der Waals surface area contributed by atoms with Crippen molar-refractivity contribution in [3.8, 4) is 5.75 Å². The molecule has 3 atom stereocenters. The van der Waals surface area contributed by atoms with Crippen molar-refractivity contribution in [2.75, 3.05) is 12.9 Å². The molecule has 2 aromatic rings. The van der Waals surface area contributed by atoms with Crippen LogP contribution < -0.4 is 4.74 Å². The fraction of sp³-hybridized carbons (Fsp3) is 0.368. The Kier molecular flexibility index (Phi) is 4.90. The second kappa shape index (κ2) is 7.15. The summed E-state index contributed by atoms with van der Waals surface area (Å²) in [4.78, 5) is 12.2. The van der Waals surface area contributed by atoms with Crippen LogP contribution in [0.4, 0.5) is 0 Å². The van der Waals surface area contributed by atoms with Crippen molar-refractivity contribution in [3.63, 3.8) is 0 Å². The van der Waals surface area contributed by atoms with Gasteiger partial charge < -0.3 is 9.64 Å². The van der Waals surface area contributed by atoms with E-state index in [1.165, 1.54) is 10.7 Å². The van der Waals surface area contributed by atoms with E-state index >= 15 is 0 Å². The van der Waals surface area contributed by atoms with E-state index in [0.717, 1.165) is 27.2 Å². The molecule has 0 saturated carbocycles. The summed E-state index contributed by atoms with van der Waals surface area (Å²) in [6, 6.07) is 13.3. The number of hydrogen-bond acceptors (Lipinski definition) is 5. The number of pyridine rings is 1. The highest BCUT2D eigenvalue weighted by Crippen LogP contribution is 2.48. The van der Waals surface area contributed by atoms with E-state index in [-0.39, 0.29) is 12.1 Å². The summed E-state index contributed by atoms with van der Waals surface area (Å²) in [7, 11) is 1.72. The third-order valence-corrected chi connectivity index (χ3v) is 6.82. The molecule has 2 aliphatic rings. The summed E-state index contributed by atoms with van der Waals surface area (Å²) in [6.07, 6.45) is 2.99. The van der Waals surface area contributed by atoms with E-state index in [1.807, 2.05) is 30.1 Å². The Balaban J connectivity index is 1.79. The van der Waals surface area contributed by atoms with Crippen LogP contribution in [0.5, 0.6) is 5.75 Å². The van der Waals surface area contributed by atoms with Gasteiger partial charge in [-0.25, -0.2) is 0 Å². The van der Waals surface area contributed by atoms with E-state index in [0.29, 0.717) is 6.04 Å². The number of aromatic nitrogens is 1. The number of benzene rings is 1. The average Bonchev–Trinajstić information content (AvgIpc) is 3.21. The molecule has 0 bridgehead atoms. The first-order chi connectivity index (χ1) is 12.2. The van der Waals surface area contributed by atoms with Crippen LogP contribution in [0.3, 0.4) is 0 Å². The molecule has 3 heterocycles. The molecule has 0 aliphatic carbocycles. The minimum absolute atomic E-state index is 0.0437. The summed E-state index contributed by atoms with van der Waals surface area (Å²) in [5.74, 6) is 2.04. The van der Waals surface area contributed by atoms with Crippen molar-refractivity contribution in [1.29, 1.82) is 0 Å². The average molecular weight is 465 g/mol. The van der Waals surface area contributed by atoms with Gasteiger partial charge in [-0.05, 0) is 58.8 Å². The highest BCUT2D eigenvalue weighted by Gasteiger charge is 2.45. The van der Waals surface area contributed by atoms with Crippen molar-refractivity contribution < 1.29 is 4.74 Å². The van der Waals surface area contributed by atoms with Gasteiger partial charge in [0.2, 0.25) is 0 Å². The maximum Gasteiger partial charge on any atom is 0.160 e. The van der Waals surface area contributed by atoms with E-state index < -0.39 is 0 Å². The Morgan fingerprint density at radius 2 is 2.20 bits per heavy atom. The summed E-state index contributed by atoms with van der Waals surface area (Å²) < 4.78 is 6.57. The van der Waals surface area contributed by atoms with Crippen LogP contribution in [0.2, 0.25) is 0 Å². The number of fused-ring (bicyclic) bond motifs is 1. The maximum absolute atomic E-state index is 5.44. The Morgan fingerprint density at radius 1 is 1.32 bits per heavy atom. The lowest BCUT2D eigenvalue weighted by Crippen LogP contribution is -2.35. The van der Waals surface area contributed by atoms with E-state index in [4.69, 9.17) is 9.73 Å². The van der Waals surface area contributed by atoms with Crippen LogP contribution in [0.1, 0.15) is 36.7 Å². The van der Waals surface area contributed by atoms with Gasteiger partial charge in [-0.3, -0.25) is 9.98 Å². The second-order valence-corrected chi connectivity index (χ2v) is 8.38. The van der Waals surface area contributed by atoms with Gasteiger partial charge in [0, 0.05) is 18.0 Å². The maximum atomic E-state index is 5.44. The molecule has 4 nitrogen and oxygen atoms in total. The lowest BCUT2D eigenvalue weighted by atomic mass is 9.95. The molecular formula is C19H20IN3OS. The van der Waals surface area contributed by atoms with Crippen LogP contribution in [-0.2, 0) is 0 Å². The first kappa shape index (κ1) is 17.1. The van der Waals surface area contributed by atoms with Crippen molar-refractivity contribution >= 4 is 39.5 Å². The molecule has 0 radical (unpaired) electrons. The highest BCUT2D eigenvalue weighted by molar-refractivity contribution is 14.1. The van der Waals surface area contributed by atoms with Gasteiger partial charge in [0.1, 0.15) is 11.8 Å². The number of aliphatic imine (C=N–C) groups is 1. The molecule has 0 N–H and O–H groups in total. The van der Waals surface area contributed by atoms with Gasteiger partial charge in [-0.1, -0.05) is 30.8 Å². The van der Waals surface area contributed by atoms with Gasteiger partial charge in [0.05, 0.1) is 22.4 Å². The lowest BCUT2D eigenvalue weighted by molar-refractivity contribution is 0.255. The minimum atomic E-state index is 0.0437. The normalized spacial score (nSPS) is 25.0. The number of thioether (sulfide) groups is 1. The Morgan fingerprint density at radius 3 is 2.88 bits per heavy atom. The van der Waals surface area contributed by atoms with Gasteiger partial charge in [-0.15, -0.1) is 0 Å². The Bertz CT molecular complexity index is 799. The zero-order valence-corrected chi connectivity index (χ0v) is 17.2. The molecule has 0 spiro atoms. The number of halogens is 1. The summed E-state index contributed by atoms with van der Waals surface area (Å²) in [6.45, 7) is 2.26. The molecule has 1 saturated heterocycles. The number of amidine groups is 1. The quantitative estimate of drug-likeness (QED) is 0.615. The molecule has 1 aromatic carbocycles. The highest BCUT2D eigenvalue weighted by atomic mass is 127. The largest absolute Gasteiger partial charge is 0.496 e. The third-order valence-electron chi connectivity index (χ3n) is 4.85. The molecule has 0 unspecified atom stereocenters. The zero-order chi connectivity index (χ0) is 17.4. The van der Waals surface area contributed by atoms with Gasteiger partial charge >= 0.3 is 0 Å². The zero-order valence-electron chi connectivity index (χ0n) is 14.2. The van der Waals surface area contributed by atoms with Gasteiger partial charge in [0.25, 0.3) is 0 Å². The summed E-state index contributed by atoms with van der Waals surface area (Å²) >= 11 is 4.22. The fourth-order valence-corrected chi connectivity index (χ4v) is 5.67. The lowest BCUT2D eigenvalue weighted by Gasteiger charge is -2.32. The molecule has 4 rings (SSSR count). The van der Waals surface area contributed by atoms with E-state index in [2.05, 4.69) is 63.7 Å². The summed E-state index contributed by atoms with van der Waals surface area (Å²) in [5, 5.41) is 1.17. The number of nitrogens with zero attached hydrogens (tertiary/aromatic N) is 3. The molecule has 6 heteroatoms. The molecule has 2 aliphatic heterocycles. The van der Waals surface area contributed by atoms with Crippen molar-refractivity contribution in [3.05, 3.63) is 57.4 Å². The first-order valence-corrected chi connectivity index (χ1v) is 10.5. The topological polar surface area (TPSA) is 37.7 Å². The predicted molar refractivity (Wildman–Crippen MR) is 111 cm³/mol. The SMILES string of the molecule is CC[C@H]1CSC2=N[C@@H](c3ccccn3)[C@@H](c3ccc(OC)c(I)c3)N21. The Labute approximate surface area is 166 Å². The van der Waals surface area contributed by atoms with Crippen LogP contribution in [0.15, 0.2) is 47.6 Å². The van der Waals surface area contributed by atoms with E-state index in [9.17, 15) is 0 Å². The molecule has 25 heavy (non-hydrogen) atoms. The smallest absolute Gasteiger partial charge is 0.160 e. The second-order valence-electron chi connectivity index (χ2n) is 6.23. The van der Waals surface area contributed by atoms with Gasteiger partial charge in [-0.2, -0.15) is 0 Å². The first-order valence-electron chi connectivity index (χ1n) is 8.46. The van der Waals surface area contributed by atoms with E-state index in [1.54, 1.807) is 7.11 Å². The fourth-order valence-electron chi connectivity index (χ4n) is 3.58. The van der Waals surface area contributed by atoms with Crippen molar-refractivity contribution in [1.82, 2.24) is 9.88 Å². The number of hydrogen-bond donors (Lipinski definition) is 0. The summed E-state index contributed by atoms with van der Waals surface area (Å²) in [5.41, 5.74) is 2.32. The van der Waals surface area contributed by atoms with Crippen LogP contribution in [-0.4, -0.2) is 34.0 Å². The monoisotopic (exact) mass is 465 g/mol. The molecule has 0 amide bonds. The van der Waals surface area contributed by atoms with Gasteiger partial charge in [0.15, 0.2) is 5.17 Å². The number of rotatable bonds is 4. The standard InChI is InChI=1S/C19H20IN3OS/c1-3-13-11-25-19-22-17(15-6-4-5-9-21-15)18(23(13)19)12-7-8-16(24-2)14(20)10-12/h4-10,13,17-18H,3,11H2,1-2H3/t13-,17-,18+/m0/s1. The number of methoxy groups -OCH3 is 1. The molecular weight excluding hydrogens is 445 g/mol. The number of ether oxygens (including phenoxy) is 1. The van der Waals surface area contributed by atoms with Crippen LogP contribution in [0.25, 0.3) is 0 Å². The van der Waals surface area contributed by atoms with Crippen molar-refractivity contribution in [2.45, 2.75) is 31.5 Å². The molecule has 1 fully saturated rings. The predicted octanol–water partition coefficient (Wildman–Crippen LogP) is 4.67. The van der Waals surface area contributed by atoms with Crippen LogP contribution >= 0.6 is 34.4 Å². The Hall–Kier alpha value is -1.28. The minimum Gasteiger partial charge on any atom is -0.496 e. The molecule has 1 aromatic heterocycles. The molecule has 130 valence electrons. The van der Waals surface area contributed by atoms with Crippen molar-refractivity contribution in [2.24, 2.45) is 4.99 Å². The third kappa shape index (κ3) is 3.03.